The van der Waals surface area contributed by atoms with Crippen molar-refractivity contribution in [2.75, 3.05) is 0 Å². The van der Waals surface area contributed by atoms with Crippen LogP contribution in [0.5, 0.6) is 5.75 Å². The first kappa shape index (κ1) is 16.2. The summed E-state index contributed by atoms with van der Waals surface area (Å²) in [6, 6.07) is 12.1. The largest absolute Gasteiger partial charge is 0.485 e. The minimum atomic E-state index is -0.343. The zero-order valence-electron chi connectivity index (χ0n) is 13.9. The van der Waals surface area contributed by atoms with Gasteiger partial charge in [0.1, 0.15) is 11.6 Å². The minimum Gasteiger partial charge on any atom is -0.485 e. The van der Waals surface area contributed by atoms with Crippen LogP contribution in [0.3, 0.4) is 0 Å². The summed E-state index contributed by atoms with van der Waals surface area (Å²) in [5.41, 5.74) is 3.04. The Morgan fingerprint density at radius 3 is 2.71 bits per heavy atom. The topological polar surface area (TPSA) is 48.2 Å². The van der Waals surface area contributed by atoms with Gasteiger partial charge in [-0.2, -0.15) is 4.98 Å². The Labute approximate surface area is 140 Å². The highest BCUT2D eigenvalue weighted by Crippen LogP contribution is 2.24. The van der Waals surface area contributed by atoms with Crippen LogP contribution in [0.2, 0.25) is 0 Å². The second-order valence-corrected chi connectivity index (χ2v) is 5.99. The molecule has 0 N–H and O–H groups in total. The standard InChI is InChI=1S/C19H19FN2O2/c1-12(2)17-8-7-16(9-13(17)3)23-11-18-21-19(24-22-18)14-5-4-6-15(20)10-14/h4-10,12H,11H2,1-3H3. The van der Waals surface area contributed by atoms with E-state index in [0.717, 1.165) is 5.75 Å². The van der Waals surface area contributed by atoms with Gasteiger partial charge in [0.2, 0.25) is 5.82 Å². The third kappa shape index (κ3) is 3.62. The molecule has 2 aromatic carbocycles. The molecule has 5 heteroatoms. The number of nitrogens with zero attached hydrogens (tertiary/aromatic N) is 2. The van der Waals surface area contributed by atoms with Crippen LogP contribution in [0, 0.1) is 12.7 Å². The van der Waals surface area contributed by atoms with Crippen molar-refractivity contribution >= 4 is 0 Å². The highest BCUT2D eigenvalue weighted by Gasteiger charge is 2.11. The first-order valence-electron chi connectivity index (χ1n) is 7.85. The Morgan fingerprint density at radius 1 is 1.17 bits per heavy atom. The molecule has 0 radical (unpaired) electrons. The molecular formula is C19H19FN2O2. The number of hydrogen-bond acceptors (Lipinski definition) is 4. The van der Waals surface area contributed by atoms with E-state index in [4.69, 9.17) is 9.26 Å². The van der Waals surface area contributed by atoms with Crippen LogP contribution in [-0.2, 0) is 6.61 Å². The lowest BCUT2D eigenvalue weighted by Gasteiger charge is -2.11. The Morgan fingerprint density at radius 2 is 2.00 bits per heavy atom. The van der Waals surface area contributed by atoms with E-state index >= 15 is 0 Å². The van der Waals surface area contributed by atoms with Crippen molar-refractivity contribution in [3.05, 3.63) is 65.2 Å². The van der Waals surface area contributed by atoms with E-state index in [-0.39, 0.29) is 18.3 Å². The van der Waals surface area contributed by atoms with Gasteiger partial charge in [0.05, 0.1) is 0 Å². The first-order valence-corrected chi connectivity index (χ1v) is 7.85. The minimum absolute atomic E-state index is 0.194. The smallest absolute Gasteiger partial charge is 0.258 e. The summed E-state index contributed by atoms with van der Waals surface area (Å²) in [5.74, 6) is 1.59. The van der Waals surface area contributed by atoms with Crippen LogP contribution < -0.4 is 4.74 Å². The molecule has 0 saturated heterocycles. The van der Waals surface area contributed by atoms with Gasteiger partial charge in [0.25, 0.3) is 5.89 Å². The molecule has 4 nitrogen and oxygen atoms in total. The molecule has 0 amide bonds. The molecular weight excluding hydrogens is 307 g/mol. The predicted molar refractivity (Wildman–Crippen MR) is 89.3 cm³/mol. The molecule has 0 aliphatic carbocycles. The monoisotopic (exact) mass is 326 g/mol. The third-order valence-electron chi connectivity index (χ3n) is 3.77. The maximum absolute atomic E-state index is 13.2. The van der Waals surface area contributed by atoms with Gasteiger partial charge in [-0.25, -0.2) is 4.39 Å². The van der Waals surface area contributed by atoms with Gasteiger partial charge in [-0.3, -0.25) is 0 Å². The summed E-state index contributed by atoms with van der Waals surface area (Å²) < 4.78 is 24.1. The number of aryl methyl sites for hydroxylation is 1. The fourth-order valence-electron chi connectivity index (χ4n) is 2.59. The molecule has 0 spiro atoms. The lowest BCUT2D eigenvalue weighted by Crippen LogP contribution is -1.99. The number of halogens is 1. The Hall–Kier alpha value is -2.69. The second kappa shape index (κ2) is 6.83. The number of ether oxygens (including phenoxy) is 1. The molecule has 1 heterocycles. The Bertz CT molecular complexity index is 843. The molecule has 0 atom stereocenters. The normalized spacial score (nSPS) is 11.0. The summed E-state index contributed by atoms with van der Waals surface area (Å²) in [6.45, 7) is 6.59. The fourth-order valence-corrected chi connectivity index (χ4v) is 2.59. The van der Waals surface area contributed by atoms with Crippen LogP contribution in [0.4, 0.5) is 4.39 Å². The van der Waals surface area contributed by atoms with Crippen molar-refractivity contribution in [3.63, 3.8) is 0 Å². The maximum atomic E-state index is 13.2. The van der Waals surface area contributed by atoms with Crippen LogP contribution in [0.1, 0.15) is 36.7 Å². The van der Waals surface area contributed by atoms with Gasteiger partial charge in [-0.15, -0.1) is 0 Å². The van der Waals surface area contributed by atoms with E-state index in [1.54, 1.807) is 12.1 Å². The van der Waals surface area contributed by atoms with Crippen molar-refractivity contribution in [1.29, 1.82) is 0 Å². The van der Waals surface area contributed by atoms with Gasteiger partial charge < -0.3 is 9.26 Å². The van der Waals surface area contributed by atoms with Crippen LogP contribution in [-0.4, -0.2) is 10.1 Å². The fraction of sp³-hybridized carbons (Fsp3) is 0.263. The second-order valence-electron chi connectivity index (χ2n) is 5.99. The zero-order valence-corrected chi connectivity index (χ0v) is 13.9. The van der Waals surface area contributed by atoms with E-state index in [1.165, 1.54) is 23.3 Å². The Balaban J connectivity index is 1.69. The van der Waals surface area contributed by atoms with Crippen molar-refractivity contribution in [2.45, 2.75) is 33.3 Å². The van der Waals surface area contributed by atoms with Gasteiger partial charge in [-0.1, -0.05) is 31.1 Å². The van der Waals surface area contributed by atoms with Crippen molar-refractivity contribution < 1.29 is 13.7 Å². The molecule has 124 valence electrons. The third-order valence-corrected chi connectivity index (χ3v) is 3.77. The number of rotatable bonds is 5. The number of benzene rings is 2. The maximum Gasteiger partial charge on any atom is 0.258 e. The quantitative estimate of drug-likeness (QED) is 0.670. The molecule has 0 aliphatic rings. The van der Waals surface area contributed by atoms with E-state index in [1.807, 2.05) is 12.1 Å². The number of hydrogen-bond donors (Lipinski definition) is 0. The summed E-state index contributed by atoms with van der Waals surface area (Å²) in [6.07, 6.45) is 0. The van der Waals surface area contributed by atoms with Crippen LogP contribution >= 0.6 is 0 Å². The first-order chi connectivity index (χ1) is 11.5. The molecule has 0 unspecified atom stereocenters. The molecule has 0 bridgehead atoms. The van der Waals surface area contributed by atoms with Gasteiger partial charge in [0, 0.05) is 5.56 Å². The SMILES string of the molecule is Cc1cc(OCc2noc(-c3cccc(F)c3)n2)ccc1C(C)C. The van der Waals surface area contributed by atoms with E-state index in [0.29, 0.717) is 17.3 Å². The lowest BCUT2D eigenvalue weighted by atomic mass is 9.98. The summed E-state index contributed by atoms with van der Waals surface area (Å²) in [7, 11) is 0. The highest BCUT2D eigenvalue weighted by atomic mass is 19.1. The van der Waals surface area contributed by atoms with Gasteiger partial charge in [0.15, 0.2) is 6.61 Å². The molecule has 24 heavy (non-hydrogen) atoms. The lowest BCUT2D eigenvalue weighted by molar-refractivity contribution is 0.287. The molecule has 0 aliphatic heterocycles. The average Bonchev–Trinajstić information content (AvgIpc) is 3.01. The Kier molecular flexibility index (Phi) is 4.60. The van der Waals surface area contributed by atoms with E-state index in [9.17, 15) is 4.39 Å². The van der Waals surface area contributed by atoms with Crippen molar-refractivity contribution in [2.24, 2.45) is 0 Å². The van der Waals surface area contributed by atoms with Gasteiger partial charge in [-0.05, 0) is 54.3 Å². The van der Waals surface area contributed by atoms with Crippen LogP contribution in [0.25, 0.3) is 11.5 Å². The van der Waals surface area contributed by atoms with Crippen molar-refractivity contribution in [1.82, 2.24) is 10.1 Å². The zero-order chi connectivity index (χ0) is 17.1. The molecule has 0 saturated carbocycles. The predicted octanol–water partition coefficient (Wildman–Crippen LogP) is 4.89. The van der Waals surface area contributed by atoms with Crippen molar-refractivity contribution in [3.8, 4) is 17.2 Å². The van der Waals surface area contributed by atoms with Crippen LogP contribution in [0.15, 0.2) is 47.0 Å². The number of aromatic nitrogens is 2. The average molecular weight is 326 g/mol. The summed E-state index contributed by atoms with van der Waals surface area (Å²) in [5, 5.41) is 3.87. The molecule has 3 aromatic rings. The molecule has 1 aromatic heterocycles. The highest BCUT2D eigenvalue weighted by molar-refractivity contribution is 5.52. The van der Waals surface area contributed by atoms with E-state index < -0.39 is 0 Å². The molecule has 3 rings (SSSR count). The summed E-state index contributed by atoms with van der Waals surface area (Å²) in [4.78, 5) is 4.24. The summed E-state index contributed by atoms with van der Waals surface area (Å²) >= 11 is 0. The molecule has 0 fully saturated rings. The van der Waals surface area contributed by atoms with Gasteiger partial charge >= 0.3 is 0 Å². The van der Waals surface area contributed by atoms with E-state index in [2.05, 4.69) is 37.0 Å².